The monoisotopic (exact) mass is 288 g/mol. The molecule has 1 amide bonds. The van der Waals surface area contributed by atoms with Gasteiger partial charge in [0.05, 0.1) is 0 Å². The highest BCUT2D eigenvalue weighted by Gasteiger charge is 2.06. The molecule has 2 aromatic carbocycles. The molecule has 4 nitrogen and oxygen atoms in total. The summed E-state index contributed by atoms with van der Waals surface area (Å²) < 4.78 is 18.6. The fourth-order valence-electron chi connectivity index (χ4n) is 1.73. The van der Waals surface area contributed by atoms with Crippen LogP contribution in [0.2, 0.25) is 0 Å². The third kappa shape index (κ3) is 3.95. The number of hydrogen-bond donors (Lipinski definition) is 2. The quantitative estimate of drug-likeness (QED) is 0.850. The zero-order valence-corrected chi connectivity index (χ0v) is 11.9. The van der Waals surface area contributed by atoms with Gasteiger partial charge < -0.3 is 15.8 Å². The van der Waals surface area contributed by atoms with Gasteiger partial charge in [0.25, 0.3) is 5.91 Å². The SMILES string of the molecule is Cc1ccc(NC(=O)COc2ccc(C)c(F)c2)cc1N. The van der Waals surface area contributed by atoms with Gasteiger partial charge in [-0.2, -0.15) is 0 Å². The molecule has 0 heterocycles. The van der Waals surface area contributed by atoms with E-state index >= 15 is 0 Å². The van der Waals surface area contributed by atoms with Crippen molar-refractivity contribution in [3.05, 3.63) is 53.3 Å². The van der Waals surface area contributed by atoms with Gasteiger partial charge in [-0.05, 0) is 43.2 Å². The third-order valence-electron chi connectivity index (χ3n) is 3.08. The highest BCUT2D eigenvalue weighted by molar-refractivity contribution is 5.92. The molecule has 0 aliphatic heterocycles. The van der Waals surface area contributed by atoms with Gasteiger partial charge in [-0.1, -0.05) is 12.1 Å². The summed E-state index contributed by atoms with van der Waals surface area (Å²) in [5.74, 6) is -0.380. The smallest absolute Gasteiger partial charge is 0.262 e. The molecule has 5 heteroatoms. The van der Waals surface area contributed by atoms with Gasteiger partial charge in [0.15, 0.2) is 6.61 Å². The lowest BCUT2D eigenvalue weighted by molar-refractivity contribution is -0.118. The van der Waals surface area contributed by atoms with Crippen LogP contribution < -0.4 is 15.8 Å². The van der Waals surface area contributed by atoms with Crippen molar-refractivity contribution in [1.29, 1.82) is 0 Å². The number of halogens is 1. The van der Waals surface area contributed by atoms with E-state index in [0.717, 1.165) is 5.56 Å². The minimum atomic E-state index is -0.362. The largest absolute Gasteiger partial charge is 0.484 e. The van der Waals surface area contributed by atoms with E-state index in [1.54, 1.807) is 31.2 Å². The summed E-state index contributed by atoms with van der Waals surface area (Å²) >= 11 is 0. The van der Waals surface area contributed by atoms with Gasteiger partial charge in [-0.25, -0.2) is 4.39 Å². The number of benzene rings is 2. The molecular formula is C16H17FN2O2. The minimum absolute atomic E-state index is 0.198. The van der Waals surface area contributed by atoms with Crippen molar-refractivity contribution < 1.29 is 13.9 Å². The first kappa shape index (κ1) is 14.8. The zero-order chi connectivity index (χ0) is 15.4. The molecule has 0 aromatic heterocycles. The van der Waals surface area contributed by atoms with E-state index in [2.05, 4.69) is 5.32 Å². The lowest BCUT2D eigenvalue weighted by Crippen LogP contribution is -2.20. The van der Waals surface area contributed by atoms with E-state index < -0.39 is 0 Å². The molecule has 0 fully saturated rings. The van der Waals surface area contributed by atoms with Crippen molar-refractivity contribution in [2.75, 3.05) is 17.7 Å². The number of amides is 1. The minimum Gasteiger partial charge on any atom is -0.484 e. The second-order valence-corrected chi connectivity index (χ2v) is 4.82. The first-order chi connectivity index (χ1) is 9.95. The van der Waals surface area contributed by atoms with E-state index in [0.29, 0.717) is 22.7 Å². The molecule has 0 saturated carbocycles. The van der Waals surface area contributed by atoms with Crippen LogP contribution in [-0.4, -0.2) is 12.5 Å². The van der Waals surface area contributed by atoms with Crippen molar-refractivity contribution in [3.8, 4) is 5.75 Å². The lowest BCUT2D eigenvalue weighted by atomic mass is 10.2. The van der Waals surface area contributed by atoms with E-state index in [9.17, 15) is 9.18 Å². The number of hydrogen-bond acceptors (Lipinski definition) is 3. The Kier molecular flexibility index (Phi) is 4.42. The maximum atomic E-state index is 13.3. The van der Waals surface area contributed by atoms with E-state index in [-0.39, 0.29) is 18.3 Å². The number of anilines is 2. The van der Waals surface area contributed by atoms with Gasteiger partial charge in [0.1, 0.15) is 11.6 Å². The number of nitrogens with two attached hydrogens (primary N) is 1. The number of rotatable bonds is 4. The Morgan fingerprint density at radius 3 is 2.57 bits per heavy atom. The molecule has 0 unspecified atom stereocenters. The van der Waals surface area contributed by atoms with Crippen LogP contribution in [0, 0.1) is 19.7 Å². The Morgan fingerprint density at radius 1 is 1.19 bits per heavy atom. The van der Waals surface area contributed by atoms with Gasteiger partial charge in [0.2, 0.25) is 0 Å². The average Bonchev–Trinajstić information content (AvgIpc) is 2.44. The maximum absolute atomic E-state index is 13.3. The molecule has 0 saturated heterocycles. The zero-order valence-electron chi connectivity index (χ0n) is 11.9. The van der Waals surface area contributed by atoms with Crippen molar-refractivity contribution in [2.24, 2.45) is 0 Å². The van der Waals surface area contributed by atoms with E-state index in [4.69, 9.17) is 10.5 Å². The number of aryl methyl sites for hydroxylation is 2. The molecule has 2 aromatic rings. The summed E-state index contributed by atoms with van der Waals surface area (Å²) in [4.78, 5) is 11.8. The van der Waals surface area contributed by atoms with Gasteiger partial charge in [-0.15, -0.1) is 0 Å². The number of nitrogens with one attached hydrogen (secondary N) is 1. The van der Waals surface area contributed by atoms with Crippen molar-refractivity contribution in [1.82, 2.24) is 0 Å². The molecule has 0 bridgehead atoms. The fourth-order valence-corrected chi connectivity index (χ4v) is 1.73. The molecule has 0 aliphatic carbocycles. The molecule has 3 N–H and O–H groups in total. The summed E-state index contributed by atoms with van der Waals surface area (Å²) in [5, 5.41) is 2.67. The first-order valence-electron chi connectivity index (χ1n) is 6.50. The van der Waals surface area contributed by atoms with Gasteiger partial charge in [0, 0.05) is 17.4 Å². The second-order valence-electron chi connectivity index (χ2n) is 4.82. The standard InChI is InChI=1S/C16H17FN2O2/c1-10-4-6-13(8-14(10)17)21-9-16(20)19-12-5-3-11(2)15(18)7-12/h3-8H,9,18H2,1-2H3,(H,19,20). The second kappa shape index (κ2) is 6.26. The molecule has 0 aliphatic rings. The Labute approximate surface area is 122 Å². The molecule has 0 atom stereocenters. The van der Waals surface area contributed by atoms with Crippen molar-refractivity contribution in [3.63, 3.8) is 0 Å². The Morgan fingerprint density at radius 2 is 1.90 bits per heavy atom. The first-order valence-corrected chi connectivity index (χ1v) is 6.50. The lowest BCUT2D eigenvalue weighted by Gasteiger charge is -2.09. The van der Waals surface area contributed by atoms with E-state index in [1.165, 1.54) is 6.07 Å². The molecule has 110 valence electrons. The number of carbonyl (C=O) groups is 1. The predicted molar refractivity (Wildman–Crippen MR) is 80.9 cm³/mol. The van der Waals surface area contributed by atoms with Crippen LogP contribution in [-0.2, 0) is 4.79 Å². The number of nitrogen functional groups attached to an aromatic ring is 1. The van der Waals surface area contributed by atoms with Crippen molar-refractivity contribution in [2.45, 2.75) is 13.8 Å². The summed E-state index contributed by atoms with van der Waals surface area (Å²) in [7, 11) is 0. The van der Waals surface area contributed by atoms with E-state index in [1.807, 2.05) is 13.0 Å². The van der Waals surface area contributed by atoms with Gasteiger partial charge >= 0.3 is 0 Å². The Balaban J connectivity index is 1.92. The summed E-state index contributed by atoms with van der Waals surface area (Å²) in [5.41, 5.74) is 8.45. The van der Waals surface area contributed by atoms with Crippen LogP contribution in [0.5, 0.6) is 5.75 Å². The molecule has 0 spiro atoms. The number of ether oxygens (including phenoxy) is 1. The highest BCUT2D eigenvalue weighted by Crippen LogP contribution is 2.18. The van der Waals surface area contributed by atoms with Crippen LogP contribution in [0.3, 0.4) is 0 Å². The normalized spacial score (nSPS) is 10.2. The Bertz CT molecular complexity index is 671. The van der Waals surface area contributed by atoms with Crippen LogP contribution in [0.15, 0.2) is 36.4 Å². The predicted octanol–water partition coefficient (Wildman–Crippen LogP) is 3.04. The Hall–Kier alpha value is -2.56. The molecule has 0 radical (unpaired) electrons. The van der Waals surface area contributed by atoms with Crippen molar-refractivity contribution >= 4 is 17.3 Å². The van der Waals surface area contributed by atoms with Crippen LogP contribution in [0.1, 0.15) is 11.1 Å². The average molecular weight is 288 g/mol. The van der Waals surface area contributed by atoms with Gasteiger partial charge in [-0.3, -0.25) is 4.79 Å². The highest BCUT2D eigenvalue weighted by atomic mass is 19.1. The fraction of sp³-hybridized carbons (Fsp3) is 0.188. The summed E-state index contributed by atoms with van der Waals surface area (Å²) in [6, 6.07) is 9.74. The molecule has 2 rings (SSSR count). The summed E-state index contributed by atoms with van der Waals surface area (Å²) in [6.45, 7) is 3.35. The summed E-state index contributed by atoms with van der Waals surface area (Å²) in [6.07, 6.45) is 0. The maximum Gasteiger partial charge on any atom is 0.262 e. The number of carbonyl (C=O) groups excluding carboxylic acids is 1. The van der Waals surface area contributed by atoms with Crippen LogP contribution in [0.4, 0.5) is 15.8 Å². The molecule has 21 heavy (non-hydrogen) atoms. The van der Waals surface area contributed by atoms with Crippen LogP contribution >= 0.6 is 0 Å². The van der Waals surface area contributed by atoms with Crippen LogP contribution in [0.25, 0.3) is 0 Å². The third-order valence-corrected chi connectivity index (χ3v) is 3.08. The molecular weight excluding hydrogens is 271 g/mol. The topological polar surface area (TPSA) is 64.3 Å².